The topological polar surface area (TPSA) is 71.3 Å². The van der Waals surface area contributed by atoms with Crippen molar-refractivity contribution in [1.82, 2.24) is 5.32 Å². The SMILES string of the molecule is CC(C)c1ccc(NC(=O)CNC(=O)c2ccco2)cc1. The molecule has 110 valence electrons. The Balaban J connectivity index is 1.83. The summed E-state index contributed by atoms with van der Waals surface area (Å²) in [6, 6.07) is 10.8. The van der Waals surface area contributed by atoms with Crippen molar-refractivity contribution in [2.75, 3.05) is 11.9 Å². The summed E-state index contributed by atoms with van der Waals surface area (Å²) in [5.41, 5.74) is 1.91. The zero-order chi connectivity index (χ0) is 15.2. The Bertz CT molecular complexity index is 601. The van der Waals surface area contributed by atoms with E-state index >= 15 is 0 Å². The van der Waals surface area contributed by atoms with Gasteiger partial charge < -0.3 is 15.1 Å². The molecule has 0 spiro atoms. The van der Waals surface area contributed by atoms with Crippen LogP contribution in [-0.2, 0) is 4.79 Å². The average Bonchev–Trinajstić information content (AvgIpc) is 2.99. The van der Waals surface area contributed by atoms with Crippen molar-refractivity contribution in [3.8, 4) is 0 Å². The molecule has 0 aliphatic rings. The van der Waals surface area contributed by atoms with Crippen molar-refractivity contribution in [3.63, 3.8) is 0 Å². The van der Waals surface area contributed by atoms with E-state index in [2.05, 4.69) is 24.5 Å². The summed E-state index contributed by atoms with van der Waals surface area (Å²) in [5.74, 6) is -0.0658. The van der Waals surface area contributed by atoms with Crippen LogP contribution in [0.1, 0.15) is 35.9 Å². The lowest BCUT2D eigenvalue weighted by Gasteiger charge is -2.08. The molecule has 0 fully saturated rings. The first-order valence-electron chi connectivity index (χ1n) is 6.78. The van der Waals surface area contributed by atoms with Gasteiger partial charge in [-0.25, -0.2) is 0 Å². The summed E-state index contributed by atoms with van der Waals surface area (Å²) in [4.78, 5) is 23.3. The first-order valence-corrected chi connectivity index (χ1v) is 6.78. The number of nitrogens with one attached hydrogen (secondary N) is 2. The van der Waals surface area contributed by atoms with Gasteiger partial charge in [0.25, 0.3) is 5.91 Å². The van der Waals surface area contributed by atoms with Crippen molar-refractivity contribution in [3.05, 3.63) is 54.0 Å². The van der Waals surface area contributed by atoms with Crippen molar-refractivity contribution in [2.24, 2.45) is 0 Å². The van der Waals surface area contributed by atoms with Crippen molar-refractivity contribution in [2.45, 2.75) is 19.8 Å². The van der Waals surface area contributed by atoms with E-state index in [0.717, 1.165) is 0 Å². The molecule has 0 aliphatic heterocycles. The first kappa shape index (κ1) is 14.8. The van der Waals surface area contributed by atoms with Crippen LogP contribution in [0.3, 0.4) is 0 Å². The minimum Gasteiger partial charge on any atom is -0.459 e. The number of amides is 2. The molecule has 2 rings (SSSR count). The van der Waals surface area contributed by atoms with E-state index in [4.69, 9.17) is 4.42 Å². The second-order valence-corrected chi connectivity index (χ2v) is 4.98. The van der Waals surface area contributed by atoms with Gasteiger partial charge in [-0.15, -0.1) is 0 Å². The van der Waals surface area contributed by atoms with Crippen LogP contribution >= 0.6 is 0 Å². The number of carbonyl (C=O) groups excluding carboxylic acids is 2. The highest BCUT2D eigenvalue weighted by molar-refractivity contribution is 5.97. The van der Waals surface area contributed by atoms with Gasteiger partial charge in [0.2, 0.25) is 5.91 Å². The van der Waals surface area contributed by atoms with Gasteiger partial charge in [-0.1, -0.05) is 26.0 Å². The Kier molecular flexibility index (Phi) is 4.77. The minimum absolute atomic E-state index is 0.106. The quantitative estimate of drug-likeness (QED) is 0.887. The number of benzene rings is 1. The number of hydrogen-bond acceptors (Lipinski definition) is 3. The highest BCUT2D eigenvalue weighted by Crippen LogP contribution is 2.16. The summed E-state index contributed by atoms with van der Waals surface area (Å²) < 4.78 is 4.94. The monoisotopic (exact) mass is 286 g/mol. The number of hydrogen-bond donors (Lipinski definition) is 2. The number of furan rings is 1. The third kappa shape index (κ3) is 4.21. The van der Waals surface area contributed by atoms with Crippen LogP contribution in [0.5, 0.6) is 0 Å². The lowest BCUT2D eigenvalue weighted by molar-refractivity contribution is -0.115. The molecule has 1 aromatic heterocycles. The minimum atomic E-state index is -0.412. The first-order chi connectivity index (χ1) is 10.1. The highest BCUT2D eigenvalue weighted by atomic mass is 16.3. The fourth-order valence-corrected chi connectivity index (χ4v) is 1.81. The standard InChI is InChI=1S/C16H18N2O3/c1-11(2)12-5-7-13(8-6-12)18-15(19)10-17-16(20)14-4-3-9-21-14/h3-9,11H,10H2,1-2H3,(H,17,20)(H,18,19). The fourth-order valence-electron chi connectivity index (χ4n) is 1.81. The molecule has 21 heavy (non-hydrogen) atoms. The van der Waals surface area contributed by atoms with E-state index in [-0.39, 0.29) is 18.2 Å². The van der Waals surface area contributed by atoms with E-state index < -0.39 is 5.91 Å². The Morgan fingerprint density at radius 2 is 1.86 bits per heavy atom. The molecule has 0 unspecified atom stereocenters. The van der Waals surface area contributed by atoms with Crippen LogP contribution in [-0.4, -0.2) is 18.4 Å². The summed E-state index contributed by atoms with van der Waals surface area (Å²) >= 11 is 0. The normalized spacial score (nSPS) is 10.4. The lowest BCUT2D eigenvalue weighted by atomic mass is 10.0. The predicted molar refractivity (Wildman–Crippen MR) is 80.2 cm³/mol. The number of rotatable bonds is 5. The van der Waals surface area contributed by atoms with Crippen LogP contribution in [0.2, 0.25) is 0 Å². The van der Waals surface area contributed by atoms with Gasteiger partial charge in [0, 0.05) is 5.69 Å². The summed E-state index contributed by atoms with van der Waals surface area (Å²) in [6.07, 6.45) is 1.41. The summed E-state index contributed by atoms with van der Waals surface area (Å²) in [5, 5.41) is 5.21. The summed E-state index contributed by atoms with van der Waals surface area (Å²) in [6.45, 7) is 4.11. The molecule has 0 bridgehead atoms. The molecule has 5 heteroatoms. The van der Waals surface area contributed by atoms with Crippen LogP contribution in [0, 0.1) is 0 Å². The van der Waals surface area contributed by atoms with Crippen molar-refractivity contribution in [1.29, 1.82) is 0 Å². The van der Waals surface area contributed by atoms with Gasteiger partial charge >= 0.3 is 0 Å². The van der Waals surface area contributed by atoms with Crippen molar-refractivity contribution >= 4 is 17.5 Å². The third-order valence-electron chi connectivity index (χ3n) is 3.02. The molecule has 1 aromatic carbocycles. The zero-order valence-corrected chi connectivity index (χ0v) is 12.1. The van der Waals surface area contributed by atoms with Gasteiger partial charge in [0.1, 0.15) is 0 Å². The van der Waals surface area contributed by atoms with E-state index in [1.54, 1.807) is 6.07 Å². The molecular formula is C16H18N2O3. The molecule has 0 radical (unpaired) electrons. The third-order valence-corrected chi connectivity index (χ3v) is 3.02. The number of carbonyl (C=O) groups is 2. The highest BCUT2D eigenvalue weighted by Gasteiger charge is 2.10. The van der Waals surface area contributed by atoms with Gasteiger partial charge in [0.15, 0.2) is 5.76 Å². The Morgan fingerprint density at radius 3 is 2.43 bits per heavy atom. The molecule has 0 aliphatic carbocycles. The maximum Gasteiger partial charge on any atom is 0.287 e. The smallest absolute Gasteiger partial charge is 0.287 e. The molecule has 2 amide bonds. The van der Waals surface area contributed by atoms with Crippen LogP contribution in [0.15, 0.2) is 47.1 Å². The zero-order valence-electron chi connectivity index (χ0n) is 12.1. The Morgan fingerprint density at radius 1 is 1.14 bits per heavy atom. The Labute approximate surface area is 123 Å². The number of anilines is 1. The molecule has 0 saturated carbocycles. The fraction of sp³-hybridized carbons (Fsp3) is 0.250. The lowest BCUT2D eigenvalue weighted by Crippen LogP contribution is -2.32. The maximum atomic E-state index is 11.7. The average molecular weight is 286 g/mol. The maximum absolute atomic E-state index is 11.7. The molecular weight excluding hydrogens is 268 g/mol. The second kappa shape index (κ2) is 6.74. The van der Waals surface area contributed by atoms with E-state index in [0.29, 0.717) is 11.6 Å². The van der Waals surface area contributed by atoms with E-state index in [1.807, 2.05) is 24.3 Å². The second-order valence-electron chi connectivity index (χ2n) is 4.98. The van der Waals surface area contributed by atoms with Crippen molar-refractivity contribution < 1.29 is 14.0 Å². The van der Waals surface area contributed by atoms with Gasteiger partial charge in [0.05, 0.1) is 12.8 Å². The van der Waals surface area contributed by atoms with Gasteiger partial charge in [-0.2, -0.15) is 0 Å². The molecule has 0 saturated heterocycles. The van der Waals surface area contributed by atoms with Crippen LogP contribution in [0.4, 0.5) is 5.69 Å². The molecule has 5 nitrogen and oxygen atoms in total. The largest absolute Gasteiger partial charge is 0.459 e. The van der Waals surface area contributed by atoms with Crippen LogP contribution < -0.4 is 10.6 Å². The predicted octanol–water partition coefficient (Wildman–Crippen LogP) is 2.77. The summed E-state index contributed by atoms with van der Waals surface area (Å²) in [7, 11) is 0. The molecule has 0 atom stereocenters. The Hall–Kier alpha value is -2.56. The molecule has 2 N–H and O–H groups in total. The van der Waals surface area contributed by atoms with Gasteiger partial charge in [-0.3, -0.25) is 9.59 Å². The van der Waals surface area contributed by atoms with E-state index in [9.17, 15) is 9.59 Å². The van der Waals surface area contributed by atoms with E-state index in [1.165, 1.54) is 17.9 Å². The molecule has 1 heterocycles. The van der Waals surface area contributed by atoms with Gasteiger partial charge in [-0.05, 0) is 35.7 Å². The van der Waals surface area contributed by atoms with Crippen LogP contribution in [0.25, 0.3) is 0 Å². The molecule has 2 aromatic rings.